The van der Waals surface area contributed by atoms with Crippen LogP contribution >= 0.6 is 23.2 Å². The van der Waals surface area contributed by atoms with E-state index in [2.05, 4.69) is 5.32 Å². The highest BCUT2D eigenvalue weighted by Gasteiger charge is 2.33. The Bertz CT molecular complexity index is 1170. The molecule has 1 atom stereocenters. The molecule has 192 valence electrons. The van der Waals surface area contributed by atoms with E-state index in [-0.39, 0.29) is 28.8 Å². The number of hydrogen-bond donors (Lipinski definition) is 1. The first kappa shape index (κ1) is 28.7. The fraction of sp³-hybridized carbons (Fsp3) is 0.364. The van der Waals surface area contributed by atoms with Crippen LogP contribution in [0.5, 0.6) is 0 Å². The number of alkyl halides is 3. The van der Waals surface area contributed by atoms with Crippen LogP contribution in [0.1, 0.15) is 25.0 Å². The number of anilines is 1. The monoisotopic (exact) mass is 553 g/mol. The average Bonchev–Trinajstić information content (AvgIpc) is 2.75. The molecule has 0 unspecified atom stereocenters. The highest BCUT2D eigenvalue weighted by Crippen LogP contribution is 2.32. The van der Waals surface area contributed by atoms with E-state index in [0.29, 0.717) is 15.9 Å². The van der Waals surface area contributed by atoms with E-state index in [0.717, 1.165) is 29.4 Å². The first-order valence-corrected chi connectivity index (χ1v) is 12.9. The van der Waals surface area contributed by atoms with E-state index in [1.807, 2.05) is 0 Å². The van der Waals surface area contributed by atoms with Gasteiger partial charge < -0.3 is 10.2 Å². The molecule has 0 aliphatic rings. The number of likely N-dealkylation sites (N-methyl/N-ethyl adjacent to an activating group) is 1. The van der Waals surface area contributed by atoms with Crippen LogP contribution in [0.2, 0.25) is 10.0 Å². The third kappa shape index (κ3) is 7.49. The van der Waals surface area contributed by atoms with Gasteiger partial charge in [-0.1, -0.05) is 35.3 Å². The predicted octanol–water partition coefficient (Wildman–Crippen LogP) is 4.33. The normalized spacial score (nSPS) is 12.7. The highest BCUT2D eigenvalue weighted by atomic mass is 35.5. The molecule has 0 aliphatic carbocycles. The predicted molar refractivity (Wildman–Crippen MR) is 129 cm³/mol. The summed E-state index contributed by atoms with van der Waals surface area (Å²) in [6, 6.07) is 7.20. The number of hydrogen-bond acceptors (Lipinski definition) is 4. The Morgan fingerprint density at radius 1 is 1.09 bits per heavy atom. The SMILES string of the molecule is CCNC(=O)[C@@H](C)N(Cc1c(Cl)cccc1Cl)C(=O)CN(c1cccc(C(F)(F)F)c1)S(C)(=O)=O. The maximum Gasteiger partial charge on any atom is 0.416 e. The van der Waals surface area contributed by atoms with Crippen LogP contribution in [-0.2, 0) is 32.3 Å². The molecule has 35 heavy (non-hydrogen) atoms. The first-order valence-electron chi connectivity index (χ1n) is 10.3. The van der Waals surface area contributed by atoms with E-state index >= 15 is 0 Å². The lowest BCUT2D eigenvalue weighted by Crippen LogP contribution is -2.51. The number of rotatable bonds is 9. The molecule has 0 bridgehead atoms. The number of sulfonamides is 1. The minimum absolute atomic E-state index is 0.219. The van der Waals surface area contributed by atoms with Gasteiger partial charge in [0.15, 0.2) is 0 Å². The summed E-state index contributed by atoms with van der Waals surface area (Å²) >= 11 is 12.4. The summed E-state index contributed by atoms with van der Waals surface area (Å²) < 4.78 is 65.1. The van der Waals surface area contributed by atoms with Gasteiger partial charge in [0.2, 0.25) is 21.8 Å². The zero-order chi connectivity index (χ0) is 26.6. The van der Waals surface area contributed by atoms with Gasteiger partial charge in [-0.05, 0) is 44.2 Å². The molecule has 2 amide bonds. The molecule has 0 fully saturated rings. The molecule has 7 nitrogen and oxygen atoms in total. The first-order chi connectivity index (χ1) is 16.2. The van der Waals surface area contributed by atoms with Crippen LogP contribution in [0.3, 0.4) is 0 Å². The number of halogens is 5. The quantitative estimate of drug-likeness (QED) is 0.500. The molecule has 0 aliphatic heterocycles. The van der Waals surface area contributed by atoms with Crippen molar-refractivity contribution < 1.29 is 31.2 Å². The Morgan fingerprint density at radius 3 is 2.17 bits per heavy atom. The van der Waals surface area contributed by atoms with Crippen molar-refractivity contribution in [2.75, 3.05) is 23.7 Å². The second-order valence-electron chi connectivity index (χ2n) is 7.61. The lowest BCUT2D eigenvalue weighted by Gasteiger charge is -2.32. The summed E-state index contributed by atoms with van der Waals surface area (Å²) in [7, 11) is -4.19. The van der Waals surface area contributed by atoms with Crippen LogP contribution in [0.4, 0.5) is 18.9 Å². The maximum absolute atomic E-state index is 13.4. The van der Waals surface area contributed by atoms with Crippen LogP contribution in [0, 0.1) is 0 Å². The molecule has 0 saturated carbocycles. The Kier molecular flexibility index (Phi) is 9.43. The number of amides is 2. The fourth-order valence-corrected chi connectivity index (χ4v) is 4.57. The number of nitrogens with one attached hydrogen (secondary N) is 1. The Hall–Kier alpha value is -2.50. The van der Waals surface area contributed by atoms with Crippen molar-refractivity contribution in [3.8, 4) is 0 Å². The standard InChI is InChI=1S/C22H24Cl2F3N3O4S/c1-4-28-21(32)14(2)29(12-17-18(23)9-6-10-19(17)24)20(31)13-30(35(3,33)34)16-8-5-7-15(11-16)22(25,26)27/h5-11,14H,4,12-13H2,1-3H3,(H,28,32)/t14-/m1/s1. The van der Waals surface area contributed by atoms with Crippen molar-refractivity contribution in [1.82, 2.24) is 10.2 Å². The van der Waals surface area contributed by atoms with Gasteiger partial charge in [-0.3, -0.25) is 13.9 Å². The summed E-state index contributed by atoms with van der Waals surface area (Å²) in [5, 5.41) is 3.02. The second-order valence-corrected chi connectivity index (χ2v) is 10.3. The third-order valence-corrected chi connectivity index (χ3v) is 6.90. The number of carbonyl (C=O) groups is 2. The number of benzene rings is 2. The van der Waals surface area contributed by atoms with Crippen molar-refractivity contribution >= 4 is 50.7 Å². The third-order valence-electron chi connectivity index (χ3n) is 5.05. The van der Waals surface area contributed by atoms with Crippen LogP contribution < -0.4 is 9.62 Å². The lowest BCUT2D eigenvalue weighted by molar-refractivity contribution is -0.139. The van der Waals surface area contributed by atoms with Crippen molar-refractivity contribution in [3.63, 3.8) is 0 Å². The van der Waals surface area contributed by atoms with Gasteiger partial charge in [0.25, 0.3) is 0 Å². The van der Waals surface area contributed by atoms with Crippen LogP contribution in [0.15, 0.2) is 42.5 Å². The zero-order valence-electron chi connectivity index (χ0n) is 19.1. The maximum atomic E-state index is 13.4. The van der Waals surface area contributed by atoms with E-state index in [9.17, 15) is 31.2 Å². The molecule has 0 radical (unpaired) electrons. The number of carbonyl (C=O) groups excluding carboxylic acids is 2. The molecule has 0 heterocycles. The molecular weight excluding hydrogens is 530 g/mol. The molecule has 2 aromatic rings. The van der Waals surface area contributed by atoms with Gasteiger partial charge in [-0.25, -0.2) is 8.42 Å². The van der Waals surface area contributed by atoms with Crippen molar-refractivity contribution in [2.45, 2.75) is 32.6 Å². The Balaban J connectivity index is 2.49. The molecule has 1 N–H and O–H groups in total. The Morgan fingerprint density at radius 2 is 1.66 bits per heavy atom. The average molecular weight is 554 g/mol. The van der Waals surface area contributed by atoms with Crippen LogP contribution in [0.25, 0.3) is 0 Å². The summed E-state index contributed by atoms with van der Waals surface area (Å²) in [5.41, 5.74) is -1.10. The largest absolute Gasteiger partial charge is 0.416 e. The molecule has 0 aromatic heterocycles. The summed E-state index contributed by atoms with van der Waals surface area (Å²) in [6.45, 7) is 2.29. The van der Waals surface area contributed by atoms with Gasteiger partial charge >= 0.3 is 6.18 Å². The van der Waals surface area contributed by atoms with Crippen molar-refractivity contribution in [3.05, 3.63) is 63.6 Å². The minimum atomic E-state index is -4.72. The van der Waals surface area contributed by atoms with Crippen molar-refractivity contribution in [1.29, 1.82) is 0 Å². The van der Waals surface area contributed by atoms with Crippen molar-refractivity contribution in [2.24, 2.45) is 0 Å². The van der Waals surface area contributed by atoms with E-state index in [1.165, 1.54) is 19.1 Å². The van der Waals surface area contributed by atoms with E-state index in [4.69, 9.17) is 23.2 Å². The minimum Gasteiger partial charge on any atom is -0.355 e. The highest BCUT2D eigenvalue weighted by molar-refractivity contribution is 7.92. The molecule has 2 rings (SSSR count). The van der Waals surface area contributed by atoms with Gasteiger partial charge in [0.1, 0.15) is 12.6 Å². The number of nitrogens with zero attached hydrogens (tertiary/aromatic N) is 2. The topological polar surface area (TPSA) is 86.8 Å². The summed E-state index contributed by atoms with van der Waals surface area (Å²) in [4.78, 5) is 27.0. The van der Waals surface area contributed by atoms with E-state index < -0.39 is 46.2 Å². The Labute approximate surface area is 211 Å². The van der Waals surface area contributed by atoms with Gasteiger partial charge in [-0.15, -0.1) is 0 Å². The molecule has 0 saturated heterocycles. The van der Waals surface area contributed by atoms with Crippen LogP contribution in [-0.4, -0.2) is 50.5 Å². The summed E-state index contributed by atoms with van der Waals surface area (Å²) in [6.07, 6.45) is -3.95. The lowest BCUT2D eigenvalue weighted by atomic mass is 10.1. The van der Waals surface area contributed by atoms with Gasteiger partial charge in [0, 0.05) is 28.7 Å². The smallest absolute Gasteiger partial charge is 0.355 e. The van der Waals surface area contributed by atoms with E-state index in [1.54, 1.807) is 13.0 Å². The van der Waals surface area contributed by atoms with Gasteiger partial charge in [0.05, 0.1) is 17.5 Å². The molecular formula is C22H24Cl2F3N3O4S. The zero-order valence-corrected chi connectivity index (χ0v) is 21.4. The van der Waals surface area contributed by atoms with Gasteiger partial charge in [-0.2, -0.15) is 13.2 Å². The summed E-state index contributed by atoms with van der Waals surface area (Å²) in [5.74, 6) is -1.36. The fourth-order valence-electron chi connectivity index (χ4n) is 3.21. The second kappa shape index (κ2) is 11.5. The molecule has 13 heteroatoms. The molecule has 2 aromatic carbocycles. The molecule has 0 spiro atoms.